The zero-order chi connectivity index (χ0) is 15.5. The molecule has 0 spiro atoms. The van der Waals surface area contributed by atoms with Crippen molar-refractivity contribution in [1.29, 1.82) is 0 Å². The summed E-state index contributed by atoms with van der Waals surface area (Å²) >= 11 is 0. The highest BCUT2D eigenvalue weighted by Gasteiger charge is 2.14. The number of aliphatic hydroxyl groups excluding tert-OH is 1. The number of aromatic nitrogens is 1. The van der Waals surface area contributed by atoms with E-state index in [0.29, 0.717) is 18.5 Å². The lowest BCUT2D eigenvalue weighted by atomic mass is 10.0. The predicted octanol–water partition coefficient (Wildman–Crippen LogP) is 2.79. The van der Waals surface area contributed by atoms with Gasteiger partial charge in [0.05, 0.1) is 23.1 Å². The fourth-order valence-corrected chi connectivity index (χ4v) is 3.23. The number of aliphatic hydroxyl groups is 1. The maximum Gasteiger partial charge on any atom is 0.150 e. The molecule has 1 unspecified atom stereocenters. The van der Waals surface area contributed by atoms with Crippen LogP contribution in [0, 0.1) is 6.92 Å². The van der Waals surface area contributed by atoms with Gasteiger partial charge in [-0.05, 0) is 37.5 Å². The summed E-state index contributed by atoms with van der Waals surface area (Å²) in [5.74, 6) is 0.267. The highest BCUT2D eigenvalue weighted by molar-refractivity contribution is 7.91. The van der Waals surface area contributed by atoms with Gasteiger partial charge in [0.15, 0.2) is 0 Å². The molecule has 4 nitrogen and oxygen atoms in total. The average Bonchev–Trinajstić information content (AvgIpc) is 2.47. The number of hydrogen-bond acceptors (Lipinski definition) is 4. The molecule has 0 radical (unpaired) electrons. The fourth-order valence-electron chi connectivity index (χ4n) is 2.34. The minimum atomic E-state index is -2.97. The molecule has 0 aliphatic heterocycles. The molecule has 2 aromatic rings. The summed E-state index contributed by atoms with van der Waals surface area (Å²) < 4.78 is 22.9. The maximum atomic E-state index is 11.4. The number of nitrogens with zero attached hydrogens (tertiary/aromatic N) is 1. The lowest BCUT2D eigenvalue weighted by Gasteiger charge is -2.12. The topological polar surface area (TPSA) is 67.3 Å². The standard InChI is InChI=1S/C16H21NO3S/c1-3-21(19,20)10-6-9-16(18)15-11-12(2)13-7-4-5-8-14(13)17-15/h4-5,7-8,11,16,18H,3,6,9-10H2,1-2H3. The van der Waals surface area contributed by atoms with Crippen molar-refractivity contribution in [3.05, 3.63) is 41.6 Å². The predicted molar refractivity (Wildman–Crippen MR) is 85.0 cm³/mol. The number of pyridine rings is 1. The SMILES string of the molecule is CCS(=O)(=O)CCCC(O)c1cc(C)c2ccccc2n1. The Morgan fingerprint density at radius 2 is 2.00 bits per heavy atom. The molecule has 1 heterocycles. The van der Waals surface area contributed by atoms with Gasteiger partial charge in [-0.2, -0.15) is 0 Å². The monoisotopic (exact) mass is 307 g/mol. The number of sulfone groups is 1. The molecule has 0 amide bonds. The van der Waals surface area contributed by atoms with E-state index in [9.17, 15) is 13.5 Å². The Morgan fingerprint density at radius 1 is 1.29 bits per heavy atom. The first kappa shape index (κ1) is 15.9. The van der Waals surface area contributed by atoms with Crippen molar-refractivity contribution in [2.24, 2.45) is 0 Å². The van der Waals surface area contributed by atoms with Gasteiger partial charge in [-0.3, -0.25) is 4.98 Å². The summed E-state index contributed by atoms with van der Waals surface area (Å²) in [6, 6.07) is 9.67. The van der Waals surface area contributed by atoms with Gasteiger partial charge in [0, 0.05) is 11.1 Å². The molecule has 0 saturated carbocycles. The highest BCUT2D eigenvalue weighted by Crippen LogP contribution is 2.23. The van der Waals surface area contributed by atoms with Crippen molar-refractivity contribution in [3.63, 3.8) is 0 Å². The Morgan fingerprint density at radius 3 is 2.71 bits per heavy atom. The maximum absolute atomic E-state index is 11.4. The number of rotatable bonds is 6. The molecule has 0 fully saturated rings. The molecule has 114 valence electrons. The van der Waals surface area contributed by atoms with Crippen LogP contribution in [0.3, 0.4) is 0 Å². The largest absolute Gasteiger partial charge is 0.387 e. The number of fused-ring (bicyclic) bond motifs is 1. The lowest BCUT2D eigenvalue weighted by molar-refractivity contribution is 0.162. The van der Waals surface area contributed by atoms with E-state index in [1.165, 1.54) is 0 Å². The summed E-state index contributed by atoms with van der Waals surface area (Å²) in [5, 5.41) is 11.3. The first-order valence-electron chi connectivity index (χ1n) is 7.17. The Hall–Kier alpha value is -1.46. The third-order valence-corrected chi connectivity index (χ3v) is 5.45. The van der Waals surface area contributed by atoms with Crippen LogP contribution in [-0.2, 0) is 9.84 Å². The van der Waals surface area contributed by atoms with Gasteiger partial charge in [0.1, 0.15) is 9.84 Å². The third kappa shape index (κ3) is 4.02. The van der Waals surface area contributed by atoms with E-state index in [0.717, 1.165) is 16.5 Å². The van der Waals surface area contributed by atoms with Gasteiger partial charge in [-0.1, -0.05) is 25.1 Å². The van der Waals surface area contributed by atoms with Crippen molar-refractivity contribution in [2.75, 3.05) is 11.5 Å². The van der Waals surface area contributed by atoms with Crippen molar-refractivity contribution >= 4 is 20.7 Å². The van der Waals surface area contributed by atoms with Crippen LogP contribution < -0.4 is 0 Å². The average molecular weight is 307 g/mol. The molecular formula is C16H21NO3S. The fraction of sp³-hybridized carbons (Fsp3) is 0.438. The zero-order valence-corrected chi connectivity index (χ0v) is 13.2. The quantitative estimate of drug-likeness (QED) is 0.891. The molecule has 0 bridgehead atoms. The molecule has 1 N–H and O–H groups in total. The van der Waals surface area contributed by atoms with Crippen LogP contribution in [0.5, 0.6) is 0 Å². The summed E-state index contributed by atoms with van der Waals surface area (Å²) in [6.07, 6.45) is 0.134. The molecule has 21 heavy (non-hydrogen) atoms. The number of aryl methyl sites for hydroxylation is 1. The van der Waals surface area contributed by atoms with Gasteiger partial charge in [-0.15, -0.1) is 0 Å². The van der Waals surface area contributed by atoms with Crippen LogP contribution in [0.4, 0.5) is 0 Å². The van der Waals surface area contributed by atoms with Crippen LogP contribution in [0.25, 0.3) is 10.9 Å². The molecular weight excluding hydrogens is 286 g/mol. The van der Waals surface area contributed by atoms with Crippen LogP contribution in [-0.4, -0.2) is 30.0 Å². The van der Waals surface area contributed by atoms with Gasteiger partial charge >= 0.3 is 0 Å². The summed E-state index contributed by atoms with van der Waals surface area (Å²) in [6.45, 7) is 3.63. The Labute approximate surface area is 125 Å². The summed E-state index contributed by atoms with van der Waals surface area (Å²) in [5.41, 5.74) is 2.53. The normalized spacial score (nSPS) is 13.5. The van der Waals surface area contributed by atoms with E-state index in [1.807, 2.05) is 37.3 Å². The Balaban J connectivity index is 2.11. The van der Waals surface area contributed by atoms with E-state index >= 15 is 0 Å². The number of hydrogen-bond donors (Lipinski definition) is 1. The molecule has 0 aliphatic rings. The minimum Gasteiger partial charge on any atom is -0.387 e. The molecule has 0 saturated heterocycles. The van der Waals surface area contributed by atoms with Gasteiger partial charge in [-0.25, -0.2) is 8.42 Å². The Bertz CT molecular complexity index is 725. The highest BCUT2D eigenvalue weighted by atomic mass is 32.2. The second-order valence-corrected chi connectivity index (χ2v) is 7.75. The summed E-state index contributed by atoms with van der Waals surface area (Å²) in [7, 11) is -2.97. The van der Waals surface area contributed by atoms with Crippen LogP contribution in [0.15, 0.2) is 30.3 Å². The van der Waals surface area contributed by atoms with Gasteiger partial charge in [0.2, 0.25) is 0 Å². The second-order valence-electron chi connectivity index (χ2n) is 5.28. The van der Waals surface area contributed by atoms with Crippen molar-refractivity contribution in [2.45, 2.75) is 32.8 Å². The lowest BCUT2D eigenvalue weighted by Crippen LogP contribution is -2.10. The van der Waals surface area contributed by atoms with Crippen molar-refractivity contribution < 1.29 is 13.5 Å². The molecule has 0 aliphatic carbocycles. The molecule has 5 heteroatoms. The number of benzene rings is 1. The van der Waals surface area contributed by atoms with E-state index < -0.39 is 15.9 Å². The van der Waals surface area contributed by atoms with Crippen molar-refractivity contribution in [1.82, 2.24) is 4.98 Å². The van der Waals surface area contributed by atoms with Gasteiger partial charge < -0.3 is 5.11 Å². The van der Waals surface area contributed by atoms with Crippen LogP contribution >= 0.6 is 0 Å². The first-order valence-corrected chi connectivity index (χ1v) is 9.00. The zero-order valence-electron chi connectivity index (χ0n) is 12.4. The van der Waals surface area contributed by atoms with Crippen molar-refractivity contribution in [3.8, 4) is 0 Å². The third-order valence-electron chi connectivity index (χ3n) is 3.66. The van der Waals surface area contributed by atoms with E-state index in [-0.39, 0.29) is 11.5 Å². The number of para-hydroxylation sites is 1. The first-order chi connectivity index (χ1) is 9.93. The second kappa shape index (κ2) is 6.54. The molecule has 1 aromatic heterocycles. The van der Waals surface area contributed by atoms with Crippen LogP contribution in [0.2, 0.25) is 0 Å². The smallest absolute Gasteiger partial charge is 0.150 e. The van der Waals surface area contributed by atoms with Crippen LogP contribution in [0.1, 0.15) is 37.1 Å². The minimum absolute atomic E-state index is 0.118. The molecule has 2 rings (SSSR count). The van der Waals surface area contributed by atoms with E-state index in [2.05, 4.69) is 4.98 Å². The summed E-state index contributed by atoms with van der Waals surface area (Å²) in [4.78, 5) is 4.47. The van der Waals surface area contributed by atoms with Gasteiger partial charge in [0.25, 0.3) is 0 Å². The molecule has 1 atom stereocenters. The van der Waals surface area contributed by atoms with E-state index in [1.54, 1.807) is 6.92 Å². The van der Waals surface area contributed by atoms with E-state index in [4.69, 9.17) is 0 Å². The molecule has 1 aromatic carbocycles. The Kier molecular flexibility index (Phi) is 4.96.